The summed E-state index contributed by atoms with van der Waals surface area (Å²) in [7, 11) is 4.44. The van der Waals surface area contributed by atoms with Crippen molar-refractivity contribution in [3.05, 3.63) is 138 Å². The number of alkyl halides is 8. The molecule has 1 saturated heterocycles. The van der Waals surface area contributed by atoms with Gasteiger partial charge in [-0.05, 0) is 98.6 Å². The third kappa shape index (κ3) is 19.5. The average Bonchev–Trinajstić information content (AvgIpc) is 1.63. The maximum Gasteiger partial charge on any atom is 0.496 e. The van der Waals surface area contributed by atoms with Crippen LogP contribution in [0.25, 0.3) is 0 Å². The van der Waals surface area contributed by atoms with Gasteiger partial charge in [-0.15, -0.1) is 0 Å². The van der Waals surface area contributed by atoms with Gasteiger partial charge in [0.2, 0.25) is 0 Å². The van der Waals surface area contributed by atoms with E-state index in [-0.39, 0.29) is 55.2 Å². The van der Waals surface area contributed by atoms with Crippen LogP contribution in [-0.4, -0.2) is 174 Å². The van der Waals surface area contributed by atoms with Gasteiger partial charge in [-0.3, -0.25) is 48.0 Å². The van der Waals surface area contributed by atoms with Gasteiger partial charge >= 0.3 is 12.9 Å². The molecule has 38 heteroatoms. The predicted octanol–water partition coefficient (Wildman–Crippen LogP) is 7.20. The smallest absolute Gasteiger partial charge is 0.399 e. The lowest BCUT2D eigenvalue weighted by Crippen LogP contribution is -2.41. The minimum absolute atomic E-state index is 0.0248. The Kier molecular flexibility index (Phi) is 24.4. The maximum atomic E-state index is 12.7. The van der Waals surface area contributed by atoms with Crippen molar-refractivity contribution in [1.29, 1.82) is 0 Å². The Balaban J connectivity index is 0.000000159. The van der Waals surface area contributed by atoms with Crippen molar-refractivity contribution in [2.75, 3.05) is 68.7 Å². The number of aromatic nitrogens is 11. The topological polar surface area (TPSA) is 262 Å². The first-order valence-electron chi connectivity index (χ1n) is 29.4. The SMILES string of the molecule is Cn1cc(B2OC(C)(C)C(C)(C)O2)cc(Nc2cc3n(n2)CCN(CC(F)F)C3)c1=O.Cn1cc(Br)cc(Br)c1=O.Cn1cc(Br)cc(Nc2cc3n(n2)CCN(CC(F)F)C3)c1=O.Nc1cc2n(n1)CCN(CC(F)F)C2.O=[N+]([O-])c1cc2n(n1)CCN(CC(F)F)C2. The standard InChI is InChI=1S/C20H28BF2N5O3.C14H16BrF2N5O.C8H10F2N4O2.C8H12F2N4.C6H5Br2NO/c1-19(2)20(3,4)31-21(30-19)13-8-15(18(29)26(5)10-13)24-17-9-14-11-27(12-16(22)23)6-7-28(14)25-17;1-20-6-9(15)4-11(14(20)23)18-13-5-10-7-21(8-12(16)17)2-3-22(10)19-13;9-7(10)5-12-1-2-13-6(4-12)3-8(11-13)14(15)16;9-7(10)5-13-1-2-14-6(4-13)3-8(11)12-14;1-9-3-4(7)2-5(8)6(9)10/h8-10,16H,6-7,11-12H2,1-5H3,(H,24,25);4-6,12H,2-3,7-8H2,1H3,(H,18,19);3,7H,1-2,4-5H2;3,7H,1-2,4-5H2,(H2,11,12);2-3H,1H3. The molecule has 0 atom stereocenters. The molecule has 0 bridgehead atoms. The Morgan fingerprint density at radius 2 is 0.894 bits per heavy atom. The van der Waals surface area contributed by atoms with Crippen molar-refractivity contribution in [1.82, 2.24) is 72.4 Å². The normalized spacial score (nSPS) is 16.8. The third-order valence-corrected chi connectivity index (χ3v) is 17.2. The second-order valence-electron chi connectivity index (χ2n) is 23.6. The predicted molar refractivity (Wildman–Crippen MR) is 346 cm³/mol. The van der Waals surface area contributed by atoms with Crippen molar-refractivity contribution in [3.63, 3.8) is 0 Å². The van der Waals surface area contributed by atoms with Crippen LogP contribution in [0, 0.1) is 10.1 Å². The van der Waals surface area contributed by atoms with Gasteiger partial charge in [-0.25, -0.2) is 35.1 Å². The summed E-state index contributed by atoms with van der Waals surface area (Å²) in [6.45, 7) is 12.8. The fraction of sp³-hybridized carbons (Fsp3) is 0.518. The molecule has 7 aromatic rings. The summed E-state index contributed by atoms with van der Waals surface area (Å²) in [5, 5.41) is 33.3. The van der Waals surface area contributed by atoms with Crippen LogP contribution >= 0.6 is 47.8 Å². The highest BCUT2D eigenvalue weighted by Crippen LogP contribution is 2.37. The molecular weight excluding hydrogens is 1450 g/mol. The summed E-state index contributed by atoms with van der Waals surface area (Å²) >= 11 is 9.74. The first kappa shape index (κ1) is 73.0. The zero-order chi connectivity index (χ0) is 68.7. The van der Waals surface area contributed by atoms with E-state index in [1.807, 2.05) is 27.7 Å². The van der Waals surface area contributed by atoms with Gasteiger partial charge in [-0.1, -0.05) is 0 Å². The molecule has 12 rings (SSSR count). The number of hydrogen-bond acceptors (Lipinski definition) is 18. The van der Waals surface area contributed by atoms with Crippen LogP contribution in [-0.2, 0) is 82.8 Å². The number of nitro groups is 1. The fourth-order valence-corrected chi connectivity index (χ4v) is 12.4. The number of fused-ring (bicyclic) bond motifs is 4. The Morgan fingerprint density at radius 3 is 1.31 bits per heavy atom. The van der Waals surface area contributed by atoms with Crippen LogP contribution in [0.4, 0.5) is 69.8 Å². The molecule has 0 aliphatic carbocycles. The van der Waals surface area contributed by atoms with E-state index in [1.165, 1.54) is 24.4 Å². The molecule has 12 heterocycles. The van der Waals surface area contributed by atoms with E-state index in [4.69, 9.17) is 15.0 Å². The molecular formula is C56H71BBr3F8N19O7. The fourth-order valence-electron chi connectivity index (χ4n) is 10.5. The number of rotatable bonds is 14. The highest BCUT2D eigenvalue weighted by atomic mass is 79.9. The molecule has 5 aliphatic heterocycles. The summed E-state index contributed by atoms with van der Waals surface area (Å²) < 4.78 is 125. The van der Waals surface area contributed by atoms with Crippen molar-refractivity contribution in [2.45, 2.75) is 117 Å². The monoisotopic (exact) mass is 1520 g/mol. The summed E-state index contributed by atoms with van der Waals surface area (Å²) in [5.41, 5.74) is 8.78. The van der Waals surface area contributed by atoms with Crippen LogP contribution < -0.4 is 38.5 Å². The zero-order valence-electron chi connectivity index (χ0n) is 52.2. The Hall–Kier alpha value is -6.81. The number of nitrogens with two attached hydrogens (primary N) is 1. The van der Waals surface area contributed by atoms with Gasteiger partial charge in [0.05, 0.1) is 102 Å². The summed E-state index contributed by atoms with van der Waals surface area (Å²) in [5.74, 6) is 1.26. The lowest BCUT2D eigenvalue weighted by atomic mass is 9.80. The van der Waals surface area contributed by atoms with E-state index in [0.29, 0.717) is 111 Å². The third-order valence-electron chi connectivity index (χ3n) is 15.8. The molecule has 0 spiro atoms. The van der Waals surface area contributed by atoms with Gasteiger partial charge < -0.3 is 49.5 Å². The van der Waals surface area contributed by atoms with Gasteiger partial charge in [0.15, 0.2) is 11.6 Å². The first-order chi connectivity index (χ1) is 44.2. The summed E-state index contributed by atoms with van der Waals surface area (Å²) in [6.07, 6.45) is -4.28. The van der Waals surface area contributed by atoms with Crippen LogP contribution in [0.5, 0.6) is 0 Å². The lowest BCUT2D eigenvalue weighted by molar-refractivity contribution is -0.389. The average molecular weight is 1520 g/mol. The molecule has 5 aliphatic rings. The largest absolute Gasteiger partial charge is 0.496 e. The van der Waals surface area contributed by atoms with Crippen molar-refractivity contribution >= 4 is 95.0 Å². The maximum absolute atomic E-state index is 12.7. The van der Waals surface area contributed by atoms with E-state index in [1.54, 1.807) is 110 Å². The van der Waals surface area contributed by atoms with Crippen LogP contribution in [0.15, 0.2) is 88.9 Å². The van der Waals surface area contributed by atoms with E-state index in [2.05, 4.69) is 78.8 Å². The molecule has 26 nitrogen and oxygen atoms in total. The molecule has 0 radical (unpaired) electrons. The minimum atomic E-state index is -2.38. The van der Waals surface area contributed by atoms with Gasteiger partial charge in [0.1, 0.15) is 17.2 Å². The number of halogens is 11. The summed E-state index contributed by atoms with van der Waals surface area (Å²) in [4.78, 5) is 52.4. The van der Waals surface area contributed by atoms with Gasteiger partial charge in [0.25, 0.3) is 42.4 Å². The molecule has 1 fully saturated rings. The van der Waals surface area contributed by atoms with Gasteiger partial charge in [-0.2, -0.15) is 20.0 Å². The number of nitrogen functional groups attached to an aromatic ring is 1. The summed E-state index contributed by atoms with van der Waals surface area (Å²) in [6, 6.07) is 11.8. The number of anilines is 5. The number of nitrogens with one attached hydrogen (secondary N) is 2. The first-order valence-corrected chi connectivity index (χ1v) is 31.7. The second kappa shape index (κ2) is 31.4. The molecule has 94 heavy (non-hydrogen) atoms. The highest BCUT2D eigenvalue weighted by molar-refractivity contribution is 9.11. The zero-order valence-corrected chi connectivity index (χ0v) is 57.0. The molecule has 0 saturated carbocycles. The van der Waals surface area contributed by atoms with Crippen molar-refractivity contribution in [3.8, 4) is 0 Å². The van der Waals surface area contributed by atoms with E-state index in [9.17, 15) is 59.6 Å². The highest BCUT2D eigenvalue weighted by Gasteiger charge is 2.52. The minimum Gasteiger partial charge on any atom is -0.399 e. The molecule has 0 aromatic carbocycles. The molecule has 7 aromatic heterocycles. The molecule has 512 valence electrons. The molecule has 4 N–H and O–H groups in total. The number of pyridine rings is 3. The number of aryl methyl sites for hydroxylation is 3. The lowest BCUT2D eigenvalue weighted by Gasteiger charge is -2.32. The van der Waals surface area contributed by atoms with E-state index in [0.717, 1.165) is 31.5 Å². The Morgan fingerprint density at radius 1 is 0.532 bits per heavy atom. The van der Waals surface area contributed by atoms with Crippen molar-refractivity contribution in [2.24, 2.45) is 21.1 Å². The van der Waals surface area contributed by atoms with Gasteiger partial charge in [0, 0.05) is 125 Å². The second-order valence-corrected chi connectivity index (χ2v) is 26.3. The van der Waals surface area contributed by atoms with Crippen molar-refractivity contribution < 1.29 is 49.4 Å². The molecule has 0 amide bonds. The number of nitrogens with zero attached hydrogens (tertiary/aromatic N) is 16. The molecule has 0 unspecified atom stereocenters. The number of hydrogen-bond donors (Lipinski definition) is 3. The Bertz CT molecular complexity index is 3910. The van der Waals surface area contributed by atoms with Crippen LogP contribution in [0.3, 0.4) is 0 Å². The van der Waals surface area contributed by atoms with E-state index < -0.39 is 48.9 Å². The van der Waals surface area contributed by atoms with Crippen LogP contribution in [0.1, 0.15) is 50.5 Å². The quantitative estimate of drug-likeness (QED) is 0.0421. The Labute approximate surface area is 559 Å². The van der Waals surface area contributed by atoms with Crippen LogP contribution in [0.2, 0.25) is 0 Å². The van der Waals surface area contributed by atoms with E-state index >= 15 is 0 Å².